The van der Waals surface area contributed by atoms with Gasteiger partial charge in [-0.1, -0.05) is 18.2 Å². The lowest BCUT2D eigenvalue weighted by molar-refractivity contribution is -0.137. The minimum Gasteiger partial charge on any atom is -0.205 e. The molecule has 0 unspecified atom stereocenters. The Bertz CT molecular complexity index is 754. The van der Waals surface area contributed by atoms with Gasteiger partial charge in [-0.25, -0.2) is 4.39 Å². The van der Waals surface area contributed by atoms with Gasteiger partial charge in [0.05, 0.1) is 5.56 Å². The van der Waals surface area contributed by atoms with Crippen LogP contribution in [-0.2, 0) is 6.18 Å². The SMILES string of the molecule is Fc1csc2cc(-c3ccc(C(F)(F)F)cc3)ccc12. The van der Waals surface area contributed by atoms with Gasteiger partial charge in [0.25, 0.3) is 0 Å². The molecule has 0 saturated carbocycles. The lowest BCUT2D eigenvalue weighted by Crippen LogP contribution is -2.03. The van der Waals surface area contributed by atoms with Gasteiger partial charge in [-0.15, -0.1) is 11.3 Å². The molecule has 102 valence electrons. The molecule has 0 radical (unpaired) electrons. The Balaban J connectivity index is 2.02. The second-order valence-electron chi connectivity index (χ2n) is 4.37. The number of thiophene rings is 1. The molecule has 5 heteroatoms. The molecule has 1 aromatic heterocycles. The molecule has 3 rings (SSSR count). The van der Waals surface area contributed by atoms with Gasteiger partial charge >= 0.3 is 6.18 Å². The van der Waals surface area contributed by atoms with E-state index in [-0.39, 0.29) is 5.82 Å². The summed E-state index contributed by atoms with van der Waals surface area (Å²) in [7, 11) is 0. The number of hydrogen-bond acceptors (Lipinski definition) is 1. The molecule has 0 amide bonds. The molecule has 0 aliphatic rings. The van der Waals surface area contributed by atoms with Crippen LogP contribution >= 0.6 is 11.3 Å². The van der Waals surface area contributed by atoms with Crippen LogP contribution in [0.5, 0.6) is 0 Å². The standard InChI is InChI=1S/C15H8F4S/c16-13-8-20-14-7-10(3-6-12(13)14)9-1-4-11(5-2-9)15(17,18)19/h1-8H. The van der Waals surface area contributed by atoms with Gasteiger partial charge in [-0.05, 0) is 35.4 Å². The van der Waals surface area contributed by atoms with E-state index in [1.165, 1.54) is 28.8 Å². The van der Waals surface area contributed by atoms with Gasteiger partial charge in [-0.2, -0.15) is 13.2 Å². The summed E-state index contributed by atoms with van der Waals surface area (Å²) in [6, 6.07) is 10.1. The Morgan fingerprint density at radius 1 is 0.850 bits per heavy atom. The first-order valence-corrected chi connectivity index (χ1v) is 6.67. The van der Waals surface area contributed by atoms with Gasteiger partial charge in [0.2, 0.25) is 0 Å². The Labute approximate surface area is 116 Å². The number of alkyl halides is 3. The molecular formula is C15H8F4S. The minimum atomic E-state index is -4.33. The highest BCUT2D eigenvalue weighted by molar-refractivity contribution is 7.17. The Morgan fingerprint density at radius 2 is 1.50 bits per heavy atom. The van der Waals surface area contributed by atoms with Gasteiger partial charge in [0, 0.05) is 15.5 Å². The Hall–Kier alpha value is -1.88. The van der Waals surface area contributed by atoms with Crippen molar-refractivity contribution in [2.24, 2.45) is 0 Å². The first-order chi connectivity index (χ1) is 9.45. The van der Waals surface area contributed by atoms with Crippen LogP contribution in [0.1, 0.15) is 5.56 Å². The molecule has 20 heavy (non-hydrogen) atoms. The lowest BCUT2D eigenvalue weighted by atomic mass is 10.0. The van der Waals surface area contributed by atoms with Gasteiger partial charge in [0.1, 0.15) is 5.82 Å². The summed E-state index contributed by atoms with van der Waals surface area (Å²) in [6.45, 7) is 0. The highest BCUT2D eigenvalue weighted by Gasteiger charge is 2.29. The maximum atomic E-state index is 13.3. The molecular weight excluding hydrogens is 288 g/mol. The zero-order chi connectivity index (χ0) is 14.3. The van der Waals surface area contributed by atoms with Crippen molar-refractivity contribution in [1.82, 2.24) is 0 Å². The maximum Gasteiger partial charge on any atom is 0.416 e. The number of benzene rings is 2. The average Bonchev–Trinajstić information content (AvgIpc) is 2.79. The Morgan fingerprint density at radius 3 is 2.15 bits per heavy atom. The third-order valence-corrected chi connectivity index (χ3v) is 3.99. The zero-order valence-corrected chi connectivity index (χ0v) is 10.9. The van der Waals surface area contributed by atoms with Crippen molar-refractivity contribution in [3.63, 3.8) is 0 Å². The fraction of sp³-hybridized carbons (Fsp3) is 0.0667. The number of halogens is 4. The molecule has 0 nitrogen and oxygen atoms in total. The molecule has 0 fully saturated rings. The average molecular weight is 296 g/mol. The van der Waals surface area contributed by atoms with Crippen LogP contribution in [-0.4, -0.2) is 0 Å². The Kier molecular flexibility index (Phi) is 3.01. The van der Waals surface area contributed by atoms with E-state index in [9.17, 15) is 17.6 Å². The molecule has 0 N–H and O–H groups in total. The molecule has 2 aromatic carbocycles. The first-order valence-electron chi connectivity index (χ1n) is 5.79. The molecule has 0 bridgehead atoms. The maximum absolute atomic E-state index is 13.3. The van der Waals surface area contributed by atoms with Crippen molar-refractivity contribution in [2.45, 2.75) is 6.18 Å². The third kappa shape index (κ3) is 2.29. The minimum absolute atomic E-state index is 0.274. The van der Waals surface area contributed by atoms with Crippen LogP contribution < -0.4 is 0 Å². The summed E-state index contributed by atoms with van der Waals surface area (Å²) in [6.07, 6.45) is -4.33. The van der Waals surface area contributed by atoms with Crippen LogP contribution in [0, 0.1) is 5.82 Å². The van der Waals surface area contributed by atoms with E-state index in [2.05, 4.69) is 0 Å². The van der Waals surface area contributed by atoms with Crippen molar-refractivity contribution in [3.05, 3.63) is 59.2 Å². The predicted molar refractivity (Wildman–Crippen MR) is 72.2 cm³/mol. The van der Waals surface area contributed by atoms with E-state index in [0.29, 0.717) is 10.9 Å². The van der Waals surface area contributed by atoms with Crippen LogP contribution in [0.2, 0.25) is 0 Å². The van der Waals surface area contributed by atoms with E-state index in [4.69, 9.17) is 0 Å². The first kappa shape index (κ1) is 13.1. The van der Waals surface area contributed by atoms with Crippen LogP contribution in [0.15, 0.2) is 47.8 Å². The molecule has 0 aliphatic carbocycles. The number of hydrogen-bond donors (Lipinski definition) is 0. The van der Waals surface area contributed by atoms with Crippen LogP contribution in [0.4, 0.5) is 17.6 Å². The molecule has 0 saturated heterocycles. The number of fused-ring (bicyclic) bond motifs is 1. The van der Waals surface area contributed by atoms with Crippen molar-refractivity contribution in [1.29, 1.82) is 0 Å². The van der Waals surface area contributed by atoms with Crippen molar-refractivity contribution < 1.29 is 17.6 Å². The van der Waals surface area contributed by atoms with Crippen molar-refractivity contribution in [3.8, 4) is 11.1 Å². The molecule has 0 spiro atoms. The molecule has 0 aliphatic heterocycles. The van der Waals surface area contributed by atoms with E-state index in [0.717, 1.165) is 22.4 Å². The topological polar surface area (TPSA) is 0 Å². The quantitative estimate of drug-likeness (QED) is 0.503. The lowest BCUT2D eigenvalue weighted by Gasteiger charge is -2.08. The molecule has 3 aromatic rings. The summed E-state index contributed by atoms with van der Waals surface area (Å²) in [5.41, 5.74) is 0.770. The molecule has 0 atom stereocenters. The van der Waals surface area contributed by atoms with Gasteiger partial charge in [0.15, 0.2) is 0 Å². The fourth-order valence-corrected chi connectivity index (χ4v) is 2.87. The highest BCUT2D eigenvalue weighted by Crippen LogP contribution is 2.33. The fourth-order valence-electron chi connectivity index (χ4n) is 2.03. The van der Waals surface area contributed by atoms with Crippen molar-refractivity contribution in [2.75, 3.05) is 0 Å². The van der Waals surface area contributed by atoms with E-state index in [1.807, 2.05) is 0 Å². The summed E-state index contributed by atoms with van der Waals surface area (Å²) >= 11 is 1.28. The smallest absolute Gasteiger partial charge is 0.205 e. The third-order valence-electron chi connectivity index (χ3n) is 3.07. The summed E-state index contributed by atoms with van der Waals surface area (Å²) in [4.78, 5) is 0. The van der Waals surface area contributed by atoms with Crippen LogP contribution in [0.3, 0.4) is 0 Å². The van der Waals surface area contributed by atoms with E-state index >= 15 is 0 Å². The zero-order valence-electron chi connectivity index (χ0n) is 10.0. The summed E-state index contributed by atoms with van der Waals surface area (Å²) in [5, 5.41) is 1.95. The van der Waals surface area contributed by atoms with Crippen molar-refractivity contribution >= 4 is 21.4 Å². The summed E-state index contributed by atoms with van der Waals surface area (Å²) in [5.74, 6) is -0.274. The van der Waals surface area contributed by atoms with Gasteiger partial charge in [-0.3, -0.25) is 0 Å². The van der Waals surface area contributed by atoms with Gasteiger partial charge < -0.3 is 0 Å². The van der Waals surface area contributed by atoms with E-state index in [1.54, 1.807) is 18.2 Å². The highest BCUT2D eigenvalue weighted by atomic mass is 32.1. The number of rotatable bonds is 1. The monoisotopic (exact) mass is 296 g/mol. The molecule has 1 heterocycles. The predicted octanol–water partition coefficient (Wildman–Crippen LogP) is 5.73. The van der Waals surface area contributed by atoms with Crippen LogP contribution in [0.25, 0.3) is 21.2 Å². The normalized spacial score (nSPS) is 12.0. The second-order valence-corrected chi connectivity index (χ2v) is 5.28. The van der Waals surface area contributed by atoms with E-state index < -0.39 is 11.7 Å². The largest absolute Gasteiger partial charge is 0.416 e. The summed E-state index contributed by atoms with van der Waals surface area (Å²) < 4.78 is 51.6. The second kappa shape index (κ2) is 4.59.